The van der Waals surface area contributed by atoms with Crippen LogP contribution in [0, 0.1) is 0 Å². The first-order chi connectivity index (χ1) is 11.7. The summed E-state index contributed by atoms with van der Waals surface area (Å²) in [5.41, 5.74) is 0. The summed E-state index contributed by atoms with van der Waals surface area (Å²) in [4.78, 5) is 18.5. The summed E-state index contributed by atoms with van der Waals surface area (Å²) in [6.45, 7) is 8.28. The number of nitrogens with one attached hydrogen (secondary N) is 2. The first-order valence-corrected chi connectivity index (χ1v) is 9.50. The lowest BCUT2D eigenvalue weighted by molar-refractivity contribution is -0.134. The smallest absolute Gasteiger partial charge is 0.224 e. The number of amides is 1. The van der Waals surface area contributed by atoms with Gasteiger partial charge in [-0.2, -0.15) is 0 Å². The number of carbonyl (C=O) groups excluding carboxylic acids is 1. The van der Waals surface area contributed by atoms with Gasteiger partial charge in [0.1, 0.15) is 0 Å². The van der Waals surface area contributed by atoms with Crippen LogP contribution >= 0.6 is 0 Å². The summed E-state index contributed by atoms with van der Waals surface area (Å²) in [5, 5.41) is 6.47. The Morgan fingerprint density at radius 1 is 1.21 bits per heavy atom. The predicted octanol–water partition coefficient (Wildman–Crippen LogP) is 2.15. The molecule has 1 aliphatic rings. The second-order valence-corrected chi connectivity index (χ2v) is 6.43. The van der Waals surface area contributed by atoms with Gasteiger partial charge in [0.2, 0.25) is 5.91 Å². The number of likely N-dealkylation sites (tertiary alicyclic amines) is 1. The number of ether oxygens (including phenoxy) is 1. The largest absolute Gasteiger partial charge is 0.381 e. The molecule has 0 aromatic rings. The maximum absolute atomic E-state index is 12.3. The number of nitrogens with zero attached hydrogens (tertiary/aromatic N) is 2. The van der Waals surface area contributed by atoms with Crippen molar-refractivity contribution < 1.29 is 9.53 Å². The fourth-order valence-electron chi connectivity index (χ4n) is 2.85. The van der Waals surface area contributed by atoms with Crippen LogP contribution in [0.2, 0.25) is 0 Å². The maximum Gasteiger partial charge on any atom is 0.224 e. The number of aliphatic imine (C=N–C) groups is 1. The minimum atomic E-state index is 0.245. The zero-order chi connectivity index (χ0) is 17.6. The Labute approximate surface area is 147 Å². The molecular formula is C18H36N4O2. The number of hydrogen-bond acceptors (Lipinski definition) is 3. The molecule has 1 atom stereocenters. The van der Waals surface area contributed by atoms with Crippen molar-refractivity contribution in [2.45, 2.75) is 64.8 Å². The zero-order valence-corrected chi connectivity index (χ0v) is 15.8. The number of carbonyl (C=O) groups is 1. The Hall–Kier alpha value is -1.30. The van der Waals surface area contributed by atoms with Crippen molar-refractivity contribution in [2.75, 3.05) is 39.9 Å². The molecule has 1 unspecified atom stereocenters. The Balaban J connectivity index is 2.10. The molecule has 0 bridgehead atoms. The summed E-state index contributed by atoms with van der Waals surface area (Å²) in [6.07, 6.45) is 7.27. The van der Waals surface area contributed by atoms with Crippen molar-refractivity contribution in [1.82, 2.24) is 15.5 Å². The third kappa shape index (κ3) is 8.52. The van der Waals surface area contributed by atoms with Crippen LogP contribution in [0.5, 0.6) is 0 Å². The minimum absolute atomic E-state index is 0.245. The molecule has 1 amide bonds. The van der Waals surface area contributed by atoms with Crippen molar-refractivity contribution in [3.8, 4) is 0 Å². The topological polar surface area (TPSA) is 66.0 Å². The third-order valence-electron chi connectivity index (χ3n) is 4.38. The molecule has 0 radical (unpaired) electrons. The van der Waals surface area contributed by atoms with E-state index in [4.69, 9.17) is 4.74 Å². The molecule has 1 fully saturated rings. The molecule has 1 aliphatic heterocycles. The maximum atomic E-state index is 12.3. The van der Waals surface area contributed by atoms with E-state index >= 15 is 0 Å². The lowest BCUT2D eigenvalue weighted by atomic mass is 10.0. The first-order valence-electron chi connectivity index (χ1n) is 9.50. The molecule has 1 heterocycles. The fourth-order valence-corrected chi connectivity index (χ4v) is 2.85. The van der Waals surface area contributed by atoms with Gasteiger partial charge < -0.3 is 20.3 Å². The number of piperidine rings is 1. The normalized spacial score (nSPS) is 18.5. The van der Waals surface area contributed by atoms with E-state index in [2.05, 4.69) is 29.5 Å². The number of guanidine groups is 1. The second kappa shape index (κ2) is 13.0. The highest BCUT2D eigenvalue weighted by Gasteiger charge is 2.22. The van der Waals surface area contributed by atoms with Gasteiger partial charge in [-0.15, -0.1) is 0 Å². The van der Waals surface area contributed by atoms with Crippen molar-refractivity contribution in [2.24, 2.45) is 4.99 Å². The van der Waals surface area contributed by atoms with Gasteiger partial charge in [0.05, 0.1) is 0 Å². The molecule has 0 aromatic carbocycles. The molecule has 6 nitrogen and oxygen atoms in total. The summed E-state index contributed by atoms with van der Waals surface area (Å²) in [6, 6.07) is 0.386. The van der Waals surface area contributed by atoms with Gasteiger partial charge in [-0.3, -0.25) is 9.79 Å². The molecule has 1 rings (SSSR count). The Bertz CT molecular complexity index is 374. The van der Waals surface area contributed by atoms with Crippen LogP contribution in [0.3, 0.4) is 0 Å². The standard InChI is InChI=1S/C18H36N4O2/c1-4-5-14-24-15-8-11-20-18(19-3)21-12-10-17(23)22-13-7-6-9-16(22)2/h16H,4-15H2,1-3H3,(H2,19,20,21). The zero-order valence-electron chi connectivity index (χ0n) is 15.8. The number of unbranched alkanes of at least 4 members (excludes halogenated alkanes) is 1. The van der Waals surface area contributed by atoms with Gasteiger partial charge in [-0.05, 0) is 39.0 Å². The Morgan fingerprint density at radius 2 is 1.96 bits per heavy atom. The second-order valence-electron chi connectivity index (χ2n) is 6.43. The van der Waals surface area contributed by atoms with Gasteiger partial charge in [-0.1, -0.05) is 13.3 Å². The van der Waals surface area contributed by atoms with Crippen molar-refractivity contribution >= 4 is 11.9 Å². The van der Waals surface area contributed by atoms with Crippen LogP contribution in [0.15, 0.2) is 4.99 Å². The van der Waals surface area contributed by atoms with E-state index in [1.54, 1.807) is 7.05 Å². The average molecular weight is 341 g/mol. The molecule has 140 valence electrons. The predicted molar refractivity (Wildman–Crippen MR) is 99.4 cm³/mol. The SMILES string of the molecule is CCCCOCCCNC(=NC)NCCC(=O)N1CCCCC1C. The van der Waals surface area contributed by atoms with Gasteiger partial charge >= 0.3 is 0 Å². The Kier molecular flexibility index (Phi) is 11.3. The van der Waals surface area contributed by atoms with Crippen LogP contribution in [0.4, 0.5) is 0 Å². The molecule has 24 heavy (non-hydrogen) atoms. The van der Waals surface area contributed by atoms with E-state index in [1.165, 1.54) is 12.8 Å². The molecule has 0 aromatic heterocycles. The van der Waals surface area contributed by atoms with Crippen LogP contribution in [-0.2, 0) is 9.53 Å². The van der Waals surface area contributed by atoms with Crippen LogP contribution in [0.1, 0.15) is 58.8 Å². The van der Waals surface area contributed by atoms with E-state index in [0.717, 1.165) is 57.9 Å². The summed E-state index contributed by atoms with van der Waals surface area (Å²) < 4.78 is 5.53. The average Bonchev–Trinajstić information content (AvgIpc) is 2.59. The monoisotopic (exact) mass is 340 g/mol. The molecule has 0 aliphatic carbocycles. The molecule has 2 N–H and O–H groups in total. The molecule has 6 heteroatoms. The first kappa shape index (κ1) is 20.7. The summed E-state index contributed by atoms with van der Waals surface area (Å²) in [7, 11) is 1.75. The van der Waals surface area contributed by atoms with Crippen molar-refractivity contribution in [1.29, 1.82) is 0 Å². The number of hydrogen-bond donors (Lipinski definition) is 2. The highest BCUT2D eigenvalue weighted by atomic mass is 16.5. The molecular weight excluding hydrogens is 304 g/mol. The van der Waals surface area contributed by atoms with Crippen molar-refractivity contribution in [3.05, 3.63) is 0 Å². The third-order valence-corrected chi connectivity index (χ3v) is 4.38. The van der Waals surface area contributed by atoms with Crippen molar-refractivity contribution in [3.63, 3.8) is 0 Å². The van der Waals surface area contributed by atoms with Gasteiger partial charge in [0.25, 0.3) is 0 Å². The van der Waals surface area contributed by atoms with Gasteiger partial charge in [0, 0.05) is 52.4 Å². The van der Waals surface area contributed by atoms with Gasteiger partial charge in [-0.25, -0.2) is 0 Å². The fraction of sp³-hybridized carbons (Fsp3) is 0.889. The molecule has 0 spiro atoms. The highest BCUT2D eigenvalue weighted by molar-refractivity contribution is 5.81. The summed E-state index contributed by atoms with van der Waals surface area (Å²) in [5.74, 6) is 0.998. The van der Waals surface area contributed by atoms with E-state index in [0.29, 0.717) is 19.0 Å². The lowest BCUT2D eigenvalue weighted by Crippen LogP contribution is -2.44. The lowest BCUT2D eigenvalue weighted by Gasteiger charge is -2.33. The van der Waals surface area contributed by atoms with Gasteiger partial charge in [0.15, 0.2) is 5.96 Å². The molecule has 0 saturated carbocycles. The van der Waals surface area contributed by atoms with E-state index in [-0.39, 0.29) is 5.91 Å². The quantitative estimate of drug-likeness (QED) is 0.363. The van der Waals surface area contributed by atoms with E-state index in [1.807, 2.05) is 4.90 Å². The summed E-state index contributed by atoms with van der Waals surface area (Å²) >= 11 is 0. The number of rotatable bonds is 10. The van der Waals surface area contributed by atoms with E-state index in [9.17, 15) is 4.79 Å². The Morgan fingerprint density at radius 3 is 2.67 bits per heavy atom. The van der Waals surface area contributed by atoms with E-state index < -0.39 is 0 Å². The molecule has 1 saturated heterocycles. The van der Waals surface area contributed by atoms with Crippen LogP contribution in [0.25, 0.3) is 0 Å². The minimum Gasteiger partial charge on any atom is -0.381 e. The highest BCUT2D eigenvalue weighted by Crippen LogP contribution is 2.16. The van der Waals surface area contributed by atoms with Crippen LogP contribution in [-0.4, -0.2) is 62.7 Å². The van der Waals surface area contributed by atoms with Crippen LogP contribution < -0.4 is 10.6 Å².